The maximum atomic E-state index is 11.6. The third kappa shape index (κ3) is 2.33. The molecule has 0 amide bonds. The van der Waals surface area contributed by atoms with Gasteiger partial charge in [0.1, 0.15) is 12.7 Å². The van der Waals surface area contributed by atoms with Crippen molar-refractivity contribution in [3.05, 3.63) is 42.0 Å². The quantitative estimate of drug-likeness (QED) is 0.755. The molecule has 2 aromatic rings. The lowest BCUT2D eigenvalue weighted by atomic mass is 10.1. The molecule has 0 atom stereocenters. The van der Waals surface area contributed by atoms with Gasteiger partial charge in [-0.15, -0.1) is 10.2 Å². The smallest absolute Gasteiger partial charge is 0.338 e. The van der Waals surface area contributed by atoms with Gasteiger partial charge in [-0.05, 0) is 31.5 Å². The first-order chi connectivity index (χ1) is 8.22. The van der Waals surface area contributed by atoms with Crippen LogP contribution in [0.1, 0.15) is 22.8 Å². The van der Waals surface area contributed by atoms with E-state index in [1.807, 2.05) is 13.0 Å². The second kappa shape index (κ2) is 4.78. The van der Waals surface area contributed by atoms with Crippen LogP contribution in [-0.2, 0) is 4.74 Å². The van der Waals surface area contributed by atoms with Gasteiger partial charge in [0.25, 0.3) is 0 Å². The first kappa shape index (κ1) is 11.3. The lowest BCUT2D eigenvalue weighted by Crippen LogP contribution is -2.06. The van der Waals surface area contributed by atoms with Crippen molar-refractivity contribution < 1.29 is 9.53 Å². The summed E-state index contributed by atoms with van der Waals surface area (Å²) in [4.78, 5) is 11.6. The number of aromatic nitrogens is 3. The van der Waals surface area contributed by atoms with Gasteiger partial charge in [-0.1, -0.05) is 6.07 Å². The van der Waals surface area contributed by atoms with E-state index in [9.17, 15) is 4.79 Å². The zero-order chi connectivity index (χ0) is 12.3. The molecule has 0 spiro atoms. The van der Waals surface area contributed by atoms with Gasteiger partial charge in [-0.3, -0.25) is 4.57 Å². The van der Waals surface area contributed by atoms with Crippen LogP contribution in [0.3, 0.4) is 0 Å². The van der Waals surface area contributed by atoms with Crippen LogP contribution in [0.15, 0.2) is 30.9 Å². The number of rotatable bonds is 3. The van der Waals surface area contributed by atoms with Crippen molar-refractivity contribution >= 4 is 5.97 Å². The van der Waals surface area contributed by atoms with Crippen LogP contribution in [-0.4, -0.2) is 27.3 Å². The number of ether oxygens (including phenoxy) is 1. The molecule has 0 radical (unpaired) electrons. The maximum Gasteiger partial charge on any atom is 0.338 e. The van der Waals surface area contributed by atoms with Crippen molar-refractivity contribution in [1.82, 2.24) is 14.8 Å². The summed E-state index contributed by atoms with van der Waals surface area (Å²) < 4.78 is 6.72. The van der Waals surface area contributed by atoms with Gasteiger partial charge in [0.15, 0.2) is 0 Å². The number of carbonyl (C=O) groups is 1. The number of hydrogen-bond donors (Lipinski definition) is 0. The number of carbonyl (C=O) groups excluding carboxylic acids is 1. The third-order valence-electron chi connectivity index (χ3n) is 2.42. The molecule has 0 N–H and O–H groups in total. The summed E-state index contributed by atoms with van der Waals surface area (Å²) in [5.41, 5.74) is 2.44. The molecule has 0 aliphatic carbocycles. The number of aryl methyl sites for hydroxylation is 1. The van der Waals surface area contributed by atoms with Gasteiger partial charge in [0, 0.05) is 0 Å². The molecule has 17 heavy (non-hydrogen) atoms. The highest BCUT2D eigenvalue weighted by atomic mass is 16.5. The molecule has 5 nitrogen and oxygen atoms in total. The number of nitrogens with zero attached hydrogens (tertiary/aromatic N) is 3. The van der Waals surface area contributed by atoms with Gasteiger partial charge in [-0.25, -0.2) is 4.79 Å². The monoisotopic (exact) mass is 231 g/mol. The zero-order valence-electron chi connectivity index (χ0n) is 9.75. The lowest BCUT2D eigenvalue weighted by molar-refractivity contribution is 0.0526. The van der Waals surface area contributed by atoms with Crippen LogP contribution in [0.5, 0.6) is 0 Å². The summed E-state index contributed by atoms with van der Waals surface area (Å²) in [6, 6.07) is 5.40. The van der Waals surface area contributed by atoms with E-state index in [0.29, 0.717) is 12.2 Å². The Bertz CT molecular complexity index is 521. The molecule has 0 saturated heterocycles. The van der Waals surface area contributed by atoms with Crippen LogP contribution < -0.4 is 0 Å². The van der Waals surface area contributed by atoms with Crippen LogP contribution in [0.25, 0.3) is 5.69 Å². The molecule has 0 fully saturated rings. The Morgan fingerprint density at radius 3 is 2.71 bits per heavy atom. The minimum atomic E-state index is -0.318. The number of esters is 1. The Hall–Kier alpha value is -2.17. The second-order valence-electron chi connectivity index (χ2n) is 3.59. The maximum absolute atomic E-state index is 11.6. The van der Waals surface area contributed by atoms with Gasteiger partial charge in [0.05, 0.1) is 17.9 Å². The Balaban J connectivity index is 2.40. The molecule has 2 rings (SSSR count). The number of hydrogen-bond acceptors (Lipinski definition) is 4. The van der Waals surface area contributed by atoms with Crippen molar-refractivity contribution in [2.24, 2.45) is 0 Å². The van der Waals surface area contributed by atoms with Crippen molar-refractivity contribution in [1.29, 1.82) is 0 Å². The number of benzene rings is 1. The van der Waals surface area contributed by atoms with Crippen molar-refractivity contribution in [2.45, 2.75) is 13.8 Å². The molecule has 0 saturated carbocycles. The Morgan fingerprint density at radius 1 is 1.35 bits per heavy atom. The third-order valence-corrected chi connectivity index (χ3v) is 2.42. The summed E-state index contributed by atoms with van der Waals surface area (Å²) in [5, 5.41) is 7.49. The van der Waals surface area contributed by atoms with E-state index in [1.54, 1.807) is 36.3 Å². The molecule has 0 aliphatic rings. The minimum Gasteiger partial charge on any atom is -0.462 e. The lowest BCUT2D eigenvalue weighted by Gasteiger charge is -2.08. The molecular weight excluding hydrogens is 218 g/mol. The Labute approximate surface area is 99.1 Å². The van der Waals surface area contributed by atoms with Gasteiger partial charge >= 0.3 is 5.97 Å². The van der Waals surface area contributed by atoms with E-state index in [4.69, 9.17) is 4.74 Å². The Morgan fingerprint density at radius 2 is 2.06 bits per heavy atom. The predicted octanol–water partition coefficient (Wildman–Crippen LogP) is 1.75. The first-order valence-electron chi connectivity index (χ1n) is 5.35. The zero-order valence-corrected chi connectivity index (χ0v) is 9.75. The Kier molecular flexibility index (Phi) is 3.18. The fourth-order valence-corrected chi connectivity index (χ4v) is 1.55. The highest BCUT2D eigenvalue weighted by molar-refractivity contribution is 5.90. The molecular formula is C12H13N3O2. The van der Waals surface area contributed by atoms with E-state index in [0.717, 1.165) is 11.3 Å². The molecule has 0 unspecified atom stereocenters. The molecule has 5 heteroatoms. The minimum absolute atomic E-state index is 0.318. The predicted molar refractivity (Wildman–Crippen MR) is 62.1 cm³/mol. The van der Waals surface area contributed by atoms with E-state index in [2.05, 4.69) is 10.2 Å². The molecule has 1 aromatic heterocycles. The van der Waals surface area contributed by atoms with Crippen molar-refractivity contribution in [3.63, 3.8) is 0 Å². The molecule has 1 aromatic carbocycles. The van der Waals surface area contributed by atoms with Crippen molar-refractivity contribution in [2.75, 3.05) is 6.61 Å². The van der Waals surface area contributed by atoms with Crippen LogP contribution >= 0.6 is 0 Å². The summed E-state index contributed by atoms with van der Waals surface area (Å²) in [6.07, 6.45) is 3.19. The van der Waals surface area contributed by atoms with E-state index >= 15 is 0 Å². The molecule has 1 heterocycles. The average Bonchev–Trinajstić information content (AvgIpc) is 2.83. The highest BCUT2D eigenvalue weighted by Crippen LogP contribution is 2.16. The summed E-state index contributed by atoms with van der Waals surface area (Å²) in [7, 11) is 0. The van der Waals surface area contributed by atoms with Crippen LogP contribution in [0.2, 0.25) is 0 Å². The fraction of sp³-hybridized carbons (Fsp3) is 0.250. The molecule has 88 valence electrons. The highest BCUT2D eigenvalue weighted by Gasteiger charge is 2.09. The molecule has 0 aliphatic heterocycles. The van der Waals surface area contributed by atoms with E-state index in [1.165, 1.54) is 0 Å². The largest absolute Gasteiger partial charge is 0.462 e. The van der Waals surface area contributed by atoms with Crippen LogP contribution in [0, 0.1) is 6.92 Å². The molecule has 0 bridgehead atoms. The van der Waals surface area contributed by atoms with Gasteiger partial charge < -0.3 is 4.74 Å². The van der Waals surface area contributed by atoms with E-state index < -0.39 is 0 Å². The van der Waals surface area contributed by atoms with Crippen LogP contribution in [0.4, 0.5) is 0 Å². The summed E-state index contributed by atoms with van der Waals surface area (Å²) >= 11 is 0. The normalized spacial score (nSPS) is 10.2. The summed E-state index contributed by atoms with van der Waals surface area (Å²) in [5.74, 6) is -0.318. The average molecular weight is 231 g/mol. The van der Waals surface area contributed by atoms with Gasteiger partial charge in [0.2, 0.25) is 0 Å². The summed E-state index contributed by atoms with van der Waals surface area (Å²) in [6.45, 7) is 4.12. The fourth-order valence-electron chi connectivity index (χ4n) is 1.55. The van der Waals surface area contributed by atoms with Crippen molar-refractivity contribution in [3.8, 4) is 5.69 Å². The SMILES string of the molecule is CCOC(=O)c1ccc(C)c(-n2cnnc2)c1. The van der Waals surface area contributed by atoms with E-state index in [-0.39, 0.29) is 5.97 Å². The second-order valence-corrected chi connectivity index (χ2v) is 3.59. The first-order valence-corrected chi connectivity index (χ1v) is 5.35. The standard InChI is InChI=1S/C12H13N3O2/c1-3-17-12(16)10-5-4-9(2)11(6-10)15-7-13-14-8-15/h4-8H,3H2,1-2H3. The topological polar surface area (TPSA) is 57.0 Å². The van der Waals surface area contributed by atoms with Gasteiger partial charge in [-0.2, -0.15) is 0 Å².